The van der Waals surface area contributed by atoms with Gasteiger partial charge in [-0.2, -0.15) is 0 Å². The van der Waals surface area contributed by atoms with Gasteiger partial charge < -0.3 is 14.3 Å². The molecule has 0 saturated heterocycles. The normalized spacial score (nSPS) is 11.0. The molecule has 0 atom stereocenters. The Labute approximate surface area is 150 Å². The van der Waals surface area contributed by atoms with Crippen molar-refractivity contribution < 1.29 is 9.21 Å². The standard InChI is InChI=1S/C20H18N4O2/c1-3-24-12-21-23-19(24)14-7-6-8-15(11-14)22-20(25)18-13(2)16-9-4-5-10-17(16)26-18/h4-12H,3H2,1-2H3,(H,22,25). The molecule has 6 heteroatoms. The van der Waals surface area contributed by atoms with Gasteiger partial charge in [-0.1, -0.05) is 30.3 Å². The SMILES string of the molecule is CCn1cnnc1-c1cccc(NC(=O)c2oc3ccccc3c2C)c1. The molecule has 2 aromatic heterocycles. The topological polar surface area (TPSA) is 73.0 Å². The van der Waals surface area contributed by atoms with Gasteiger partial charge in [-0.25, -0.2) is 0 Å². The second-order valence-corrected chi connectivity index (χ2v) is 6.03. The molecule has 0 fully saturated rings. The van der Waals surface area contributed by atoms with E-state index in [1.807, 2.05) is 66.9 Å². The fourth-order valence-corrected chi connectivity index (χ4v) is 3.02. The first kappa shape index (κ1) is 16.1. The van der Waals surface area contributed by atoms with Crippen molar-refractivity contribution in [3.8, 4) is 11.4 Å². The monoisotopic (exact) mass is 346 g/mol. The maximum absolute atomic E-state index is 12.7. The summed E-state index contributed by atoms with van der Waals surface area (Å²) in [7, 11) is 0. The van der Waals surface area contributed by atoms with E-state index in [2.05, 4.69) is 15.5 Å². The van der Waals surface area contributed by atoms with Gasteiger partial charge in [0.1, 0.15) is 11.9 Å². The zero-order valence-corrected chi connectivity index (χ0v) is 14.6. The van der Waals surface area contributed by atoms with E-state index >= 15 is 0 Å². The second-order valence-electron chi connectivity index (χ2n) is 6.03. The number of nitrogens with zero attached hydrogens (tertiary/aromatic N) is 3. The molecule has 0 aliphatic rings. The molecule has 4 aromatic rings. The molecule has 0 bridgehead atoms. The van der Waals surface area contributed by atoms with Crippen LogP contribution in [0.25, 0.3) is 22.4 Å². The van der Waals surface area contributed by atoms with Crippen LogP contribution in [0.4, 0.5) is 5.69 Å². The minimum absolute atomic E-state index is 0.271. The summed E-state index contributed by atoms with van der Waals surface area (Å²) in [6.45, 7) is 4.70. The summed E-state index contributed by atoms with van der Waals surface area (Å²) in [4.78, 5) is 12.7. The quantitative estimate of drug-likeness (QED) is 0.599. The minimum atomic E-state index is -0.271. The Hall–Kier alpha value is -3.41. The van der Waals surface area contributed by atoms with Crippen molar-refractivity contribution in [1.82, 2.24) is 14.8 Å². The molecule has 2 aromatic carbocycles. The number of fused-ring (bicyclic) bond motifs is 1. The van der Waals surface area contributed by atoms with Gasteiger partial charge in [0.25, 0.3) is 5.91 Å². The predicted octanol–water partition coefficient (Wildman–Crippen LogP) is 4.27. The smallest absolute Gasteiger partial charge is 0.291 e. The van der Waals surface area contributed by atoms with E-state index in [9.17, 15) is 4.79 Å². The Balaban J connectivity index is 1.64. The molecular formula is C20H18N4O2. The van der Waals surface area contributed by atoms with E-state index in [1.54, 1.807) is 6.33 Å². The highest BCUT2D eigenvalue weighted by Crippen LogP contribution is 2.26. The molecule has 1 N–H and O–H groups in total. The number of nitrogens with one attached hydrogen (secondary N) is 1. The molecule has 0 aliphatic heterocycles. The third-order valence-corrected chi connectivity index (χ3v) is 4.38. The Bertz CT molecular complexity index is 1090. The van der Waals surface area contributed by atoms with Crippen LogP contribution in [0.5, 0.6) is 0 Å². The Kier molecular flexibility index (Phi) is 4.01. The first-order valence-corrected chi connectivity index (χ1v) is 8.45. The number of para-hydroxylation sites is 1. The number of rotatable bonds is 4. The first-order valence-electron chi connectivity index (χ1n) is 8.45. The first-order chi connectivity index (χ1) is 12.7. The van der Waals surface area contributed by atoms with Crippen LogP contribution in [0.1, 0.15) is 23.0 Å². The molecule has 0 spiro atoms. The zero-order valence-electron chi connectivity index (χ0n) is 14.6. The number of hydrogen-bond donors (Lipinski definition) is 1. The lowest BCUT2D eigenvalue weighted by molar-refractivity contribution is 0.0998. The molecule has 0 aliphatic carbocycles. The molecule has 6 nitrogen and oxygen atoms in total. The highest BCUT2D eigenvalue weighted by Gasteiger charge is 2.18. The van der Waals surface area contributed by atoms with E-state index in [-0.39, 0.29) is 5.91 Å². The number of amides is 1. The molecule has 0 radical (unpaired) electrons. The predicted molar refractivity (Wildman–Crippen MR) is 100 cm³/mol. The summed E-state index contributed by atoms with van der Waals surface area (Å²) in [6, 6.07) is 15.2. The largest absolute Gasteiger partial charge is 0.451 e. The number of aryl methyl sites for hydroxylation is 2. The summed E-state index contributed by atoms with van der Waals surface area (Å²) >= 11 is 0. The van der Waals surface area contributed by atoms with Gasteiger partial charge in [0.2, 0.25) is 0 Å². The highest BCUT2D eigenvalue weighted by atomic mass is 16.3. The number of furan rings is 1. The summed E-state index contributed by atoms with van der Waals surface area (Å²) in [5.74, 6) is 0.824. The van der Waals surface area contributed by atoms with E-state index < -0.39 is 0 Å². The van der Waals surface area contributed by atoms with Gasteiger partial charge in [0.05, 0.1) is 0 Å². The number of carbonyl (C=O) groups excluding carboxylic acids is 1. The van der Waals surface area contributed by atoms with Crippen molar-refractivity contribution >= 4 is 22.6 Å². The van der Waals surface area contributed by atoms with Crippen LogP contribution in [0.3, 0.4) is 0 Å². The summed E-state index contributed by atoms with van der Waals surface area (Å²) < 4.78 is 7.68. The summed E-state index contributed by atoms with van der Waals surface area (Å²) in [5.41, 5.74) is 3.11. The van der Waals surface area contributed by atoms with Gasteiger partial charge in [-0.15, -0.1) is 10.2 Å². The number of aromatic nitrogens is 3. The lowest BCUT2D eigenvalue weighted by atomic mass is 10.1. The fourth-order valence-electron chi connectivity index (χ4n) is 3.02. The van der Waals surface area contributed by atoms with Crippen molar-refractivity contribution in [2.75, 3.05) is 5.32 Å². The lowest BCUT2D eigenvalue weighted by Gasteiger charge is -2.07. The third-order valence-electron chi connectivity index (χ3n) is 4.38. The van der Waals surface area contributed by atoms with Crippen molar-refractivity contribution in [3.63, 3.8) is 0 Å². The van der Waals surface area contributed by atoms with Crippen LogP contribution in [0.15, 0.2) is 59.3 Å². The number of hydrogen-bond acceptors (Lipinski definition) is 4. The van der Waals surface area contributed by atoms with Crippen LogP contribution < -0.4 is 5.32 Å². The van der Waals surface area contributed by atoms with E-state index in [4.69, 9.17) is 4.42 Å². The van der Waals surface area contributed by atoms with Gasteiger partial charge in [-0.05, 0) is 32.0 Å². The summed E-state index contributed by atoms with van der Waals surface area (Å²) in [6.07, 6.45) is 1.69. The van der Waals surface area contributed by atoms with E-state index in [1.165, 1.54) is 0 Å². The molecule has 4 rings (SSSR count). The van der Waals surface area contributed by atoms with Crippen LogP contribution in [-0.4, -0.2) is 20.7 Å². The molecule has 26 heavy (non-hydrogen) atoms. The number of benzene rings is 2. The zero-order chi connectivity index (χ0) is 18.1. The number of carbonyl (C=O) groups is 1. The van der Waals surface area contributed by atoms with Crippen molar-refractivity contribution in [1.29, 1.82) is 0 Å². The number of anilines is 1. The van der Waals surface area contributed by atoms with Crippen LogP contribution in [-0.2, 0) is 6.54 Å². The molecule has 0 unspecified atom stereocenters. The van der Waals surface area contributed by atoms with Crippen molar-refractivity contribution in [3.05, 3.63) is 66.2 Å². The van der Waals surface area contributed by atoms with E-state index in [0.717, 1.165) is 28.9 Å². The Morgan fingerprint density at radius 2 is 2.04 bits per heavy atom. The molecular weight excluding hydrogens is 328 g/mol. The fraction of sp³-hybridized carbons (Fsp3) is 0.150. The maximum atomic E-state index is 12.7. The van der Waals surface area contributed by atoms with E-state index in [0.29, 0.717) is 17.0 Å². The van der Waals surface area contributed by atoms with Crippen molar-refractivity contribution in [2.45, 2.75) is 20.4 Å². The van der Waals surface area contributed by atoms with Crippen LogP contribution >= 0.6 is 0 Å². The second kappa shape index (κ2) is 6.48. The minimum Gasteiger partial charge on any atom is -0.451 e. The summed E-state index contributed by atoms with van der Waals surface area (Å²) in [5, 5.41) is 12.0. The third kappa shape index (κ3) is 2.75. The van der Waals surface area contributed by atoms with Crippen molar-refractivity contribution in [2.24, 2.45) is 0 Å². The van der Waals surface area contributed by atoms with Gasteiger partial charge in [0, 0.05) is 28.7 Å². The van der Waals surface area contributed by atoms with Crippen LogP contribution in [0, 0.1) is 6.92 Å². The molecule has 0 saturated carbocycles. The molecule has 130 valence electrons. The Morgan fingerprint density at radius 1 is 1.19 bits per heavy atom. The van der Waals surface area contributed by atoms with Gasteiger partial charge in [0.15, 0.2) is 11.6 Å². The molecule has 1 amide bonds. The van der Waals surface area contributed by atoms with Gasteiger partial charge in [-0.3, -0.25) is 4.79 Å². The van der Waals surface area contributed by atoms with Gasteiger partial charge >= 0.3 is 0 Å². The lowest BCUT2D eigenvalue weighted by Crippen LogP contribution is -2.12. The maximum Gasteiger partial charge on any atom is 0.291 e. The average Bonchev–Trinajstić information content (AvgIpc) is 3.27. The highest BCUT2D eigenvalue weighted by molar-refractivity contribution is 6.06. The average molecular weight is 346 g/mol. The van der Waals surface area contributed by atoms with Crippen LogP contribution in [0.2, 0.25) is 0 Å². The Morgan fingerprint density at radius 3 is 2.85 bits per heavy atom. The molecule has 2 heterocycles.